The van der Waals surface area contributed by atoms with Crippen molar-refractivity contribution >= 4 is 11.7 Å². The van der Waals surface area contributed by atoms with Crippen LogP contribution in [0.3, 0.4) is 0 Å². The summed E-state index contributed by atoms with van der Waals surface area (Å²) in [4.78, 5) is 26.6. The second kappa shape index (κ2) is 7.34. The minimum Gasteiger partial charge on any atom is -0.345 e. The fraction of sp³-hybridized carbons (Fsp3) is 0.619. The number of carbonyl (C=O) groups is 2. The minimum absolute atomic E-state index is 0.00266. The van der Waals surface area contributed by atoms with Crippen LogP contribution >= 0.6 is 0 Å². The molecule has 6 heteroatoms. The molecule has 0 saturated carbocycles. The molecule has 6 unspecified atom stereocenters. The Hall–Kier alpha value is -1.76. The number of carbonyl (C=O) groups excluding carboxylic acids is 2. The Bertz CT molecular complexity index is 718. The van der Waals surface area contributed by atoms with E-state index in [2.05, 4.69) is 17.6 Å². The summed E-state index contributed by atoms with van der Waals surface area (Å²) in [6.45, 7) is 2.14. The molecular weight excluding hydrogens is 342 g/mol. The Morgan fingerprint density at radius 2 is 1.63 bits per heavy atom. The van der Waals surface area contributed by atoms with Crippen LogP contribution in [0.1, 0.15) is 54.6 Å². The summed E-state index contributed by atoms with van der Waals surface area (Å²) >= 11 is 0. The molecule has 3 fully saturated rings. The third kappa shape index (κ3) is 3.53. The smallest absolute Gasteiger partial charge is 0.253 e. The highest BCUT2D eigenvalue weighted by Gasteiger charge is 2.48. The lowest BCUT2D eigenvalue weighted by atomic mass is 9.77. The SMILES string of the molecule is CC1CCC2C(=O)C3CCC(c4ccc(C(=O)N(C)C)cc4)NC3OC2N1. The van der Waals surface area contributed by atoms with Crippen molar-refractivity contribution in [3.05, 3.63) is 35.4 Å². The molecule has 3 saturated heterocycles. The monoisotopic (exact) mass is 371 g/mol. The topological polar surface area (TPSA) is 70.7 Å². The van der Waals surface area contributed by atoms with Crippen LogP contribution < -0.4 is 10.6 Å². The van der Waals surface area contributed by atoms with Gasteiger partial charge in [0.1, 0.15) is 18.2 Å². The molecule has 3 aliphatic heterocycles. The van der Waals surface area contributed by atoms with Crippen LogP contribution in [0.25, 0.3) is 0 Å². The summed E-state index contributed by atoms with van der Waals surface area (Å²) in [5.74, 6) is 0.306. The largest absolute Gasteiger partial charge is 0.345 e. The molecule has 0 aliphatic carbocycles. The van der Waals surface area contributed by atoms with E-state index in [9.17, 15) is 9.59 Å². The molecule has 2 N–H and O–H groups in total. The number of nitrogens with one attached hydrogen (secondary N) is 2. The molecule has 4 rings (SSSR count). The van der Waals surface area contributed by atoms with Crippen molar-refractivity contribution in [2.24, 2.45) is 11.8 Å². The average molecular weight is 371 g/mol. The van der Waals surface area contributed by atoms with Crippen molar-refractivity contribution in [2.75, 3.05) is 14.1 Å². The van der Waals surface area contributed by atoms with Gasteiger partial charge in [-0.2, -0.15) is 0 Å². The number of fused-ring (bicyclic) bond motifs is 2. The highest BCUT2D eigenvalue weighted by atomic mass is 16.5. The van der Waals surface area contributed by atoms with Crippen molar-refractivity contribution in [1.29, 1.82) is 0 Å². The zero-order valence-corrected chi connectivity index (χ0v) is 16.3. The van der Waals surface area contributed by atoms with Gasteiger partial charge in [-0.15, -0.1) is 0 Å². The van der Waals surface area contributed by atoms with Gasteiger partial charge in [-0.1, -0.05) is 12.1 Å². The van der Waals surface area contributed by atoms with Gasteiger partial charge >= 0.3 is 0 Å². The number of hydrogen-bond acceptors (Lipinski definition) is 5. The normalized spacial score (nSPS) is 35.9. The molecule has 3 aliphatic rings. The van der Waals surface area contributed by atoms with Gasteiger partial charge in [-0.25, -0.2) is 0 Å². The quantitative estimate of drug-likeness (QED) is 0.833. The Morgan fingerprint density at radius 1 is 1.00 bits per heavy atom. The van der Waals surface area contributed by atoms with E-state index < -0.39 is 0 Å². The van der Waals surface area contributed by atoms with Crippen LogP contribution in [0.15, 0.2) is 24.3 Å². The number of ether oxygens (including phenoxy) is 1. The van der Waals surface area contributed by atoms with E-state index in [1.165, 1.54) is 0 Å². The average Bonchev–Trinajstić information content (AvgIpc) is 2.67. The zero-order valence-electron chi connectivity index (χ0n) is 16.3. The van der Waals surface area contributed by atoms with Crippen LogP contribution in [0.5, 0.6) is 0 Å². The van der Waals surface area contributed by atoms with E-state index in [4.69, 9.17) is 4.74 Å². The zero-order chi connectivity index (χ0) is 19.1. The third-order valence-electron chi connectivity index (χ3n) is 6.21. The molecule has 6 atom stereocenters. The lowest BCUT2D eigenvalue weighted by molar-refractivity contribution is -0.181. The summed E-state index contributed by atoms with van der Waals surface area (Å²) in [6.07, 6.45) is 3.29. The van der Waals surface area contributed by atoms with Gasteiger partial charge in [0.2, 0.25) is 0 Å². The van der Waals surface area contributed by atoms with Crippen LogP contribution in [0.4, 0.5) is 0 Å². The maximum atomic E-state index is 12.9. The van der Waals surface area contributed by atoms with Gasteiger partial charge in [-0.05, 0) is 50.3 Å². The molecule has 0 radical (unpaired) electrons. The third-order valence-corrected chi connectivity index (χ3v) is 6.21. The van der Waals surface area contributed by atoms with E-state index >= 15 is 0 Å². The first-order valence-corrected chi connectivity index (χ1v) is 9.97. The minimum atomic E-state index is -0.238. The number of nitrogens with zero attached hydrogens (tertiary/aromatic N) is 1. The molecule has 0 aromatic heterocycles. The molecule has 0 spiro atoms. The molecule has 146 valence electrons. The van der Waals surface area contributed by atoms with Gasteiger partial charge in [0.25, 0.3) is 5.91 Å². The number of rotatable bonds is 2. The summed E-state index contributed by atoms with van der Waals surface area (Å²) in [5.41, 5.74) is 1.82. The van der Waals surface area contributed by atoms with E-state index in [1.807, 2.05) is 24.3 Å². The molecule has 3 heterocycles. The van der Waals surface area contributed by atoms with Crippen LogP contribution in [0, 0.1) is 11.8 Å². The number of amides is 1. The van der Waals surface area contributed by atoms with Crippen molar-refractivity contribution in [2.45, 2.75) is 57.1 Å². The summed E-state index contributed by atoms with van der Waals surface area (Å²) in [6, 6.07) is 8.28. The maximum absolute atomic E-state index is 12.9. The van der Waals surface area contributed by atoms with E-state index in [1.54, 1.807) is 19.0 Å². The first-order valence-electron chi connectivity index (χ1n) is 9.97. The second-order valence-electron chi connectivity index (χ2n) is 8.36. The lowest BCUT2D eigenvalue weighted by Crippen LogP contribution is -2.63. The van der Waals surface area contributed by atoms with E-state index in [0.717, 1.165) is 31.2 Å². The van der Waals surface area contributed by atoms with Gasteiger partial charge in [-0.3, -0.25) is 20.2 Å². The molecule has 27 heavy (non-hydrogen) atoms. The number of Topliss-reactive ketones (excluding diaryl/α,β-unsaturated/α-hetero) is 1. The lowest BCUT2D eigenvalue weighted by Gasteiger charge is -2.48. The standard InChI is InChI=1S/C21H29N3O3/c1-12-4-9-15-18(25)16-10-11-17(23-20(16)27-19(15)22-12)13-5-7-14(8-6-13)21(26)24(2)3/h5-8,12,15-17,19-20,22-23H,4,9-11H2,1-3H3. The predicted molar refractivity (Wildman–Crippen MR) is 102 cm³/mol. The fourth-order valence-electron chi connectivity index (χ4n) is 4.62. The first-order chi connectivity index (χ1) is 12.9. The summed E-state index contributed by atoms with van der Waals surface area (Å²) in [5, 5.41) is 6.98. The van der Waals surface area contributed by atoms with Crippen molar-refractivity contribution in [3.8, 4) is 0 Å². The highest BCUT2D eigenvalue weighted by molar-refractivity contribution is 5.93. The number of ketones is 1. The summed E-state index contributed by atoms with van der Waals surface area (Å²) < 4.78 is 6.28. The Morgan fingerprint density at radius 3 is 2.30 bits per heavy atom. The van der Waals surface area contributed by atoms with Gasteiger partial charge in [0, 0.05) is 31.7 Å². The molecule has 0 bridgehead atoms. The number of hydrogen-bond donors (Lipinski definition) is 2. The van der Waals surface area contributed by atoms with Crippen molar-refractivity contribution in [3.63, 3.8) is 0 Å². The van der Waals surface area contributed by atoms with Gasteiger partial charge in [0.05, 0.1) is 11.8 Å². The molecule has 1 aromatic rings. The van der Waals surface area contributed by atoms with Gasteiger partial charge in [0.15, 0.2) is 0 Å². The number of piperidine rings is 2. The Balaban J connectivity index is 1.46. The summed E-state index contributed by atoms with van der Waals surface area (Å²) in [7, 11) is 3.51. The molecule has 6 nitrogen and oxygen atoms in total. The van der Waals surface area contributed by atoms with Crippen molar-refractivity contribution in [1.82, 2.24) is 15.5 Å². The van der Waals surface area contributed by atoms with E-state index in [0.29, 0.717) is 17.4 Å². The van der Waals surface area contributed by atoms with Crippen LogP contribution in [-0.4, -0.2) is 49.2 Å². The predicted octanol–water partition coefficient (Wildman–Crippen LogP) is 2.07. The highest BCUT2D eigenvalue weighted by Crippen LogP contribution is 2.38. The van der Waals surface area contributed by atoms with E-state index in [-0.39, 0.29) is 36.2 Å². The molecular formula is C21H29N3O3. The molecule has 1 aromatic carbocycles. The molecule has 1 amide bonds. The number of benzene rings is 1. The maximum Gasteiger partial charge on any atom is 0.253 e. The second-order valence-corrected chi connectivity index (χ2v) is 8.36. The first kappa shape index (κ1) is 18.6. The van der Waals surface area contributed by atoms with Crippen LogP contribution in [-0.2, 0) is 9.53 Å². The van der Waals surface area contributed by atoms with Gasteiger partial charge < -0.3 is 9.64 Å². The van der Waals surface area contributed by atoms with Crippen LogP contribution in [0.2, 0.25) is 0 Å². The van der Waals surface area contributed by atoms with Crippen molar-refractivity contribution < 1.29 is 14.3 Å². The Kier molecular flexibility index (Phi) is 5.05. The Labute approximate surface area is 160 Å². The fourth-order valence-corrected chi connectivity index (χ4v) is 4.62.